The number of carbonyl (C=O) groups is 11. The number of hydrogen-bond donors (Lipinski definition) is 0. The molecule has 5 atom stereocenters. The third-order valence-corrected chi connectivity index (χ3v) is 25.0. The zero-order chi connectivity index (χ0) is 84.3. The van der Waals surface area contributed by atoms with E-state index < -0.39 is 29.8 Å². The molecule has 0 aliphatic heterocycles. The Morgan fingerprint density at radius 2 is 0.421 bits per heavy atom. The molecule has 0 aliphatic rings. The van der Waals surface area contributed by atoms with Crippen LogP contribution < -0.4 is 0 Å². The normalized spacial score (nSPS) is 12.8. The summed E-state index contributed by atoms with van der Waals surface area (Å²) in [4.78, 5) is 151. The third kappa shape index (κ3) is 67.8. The number of unbranched alkanes of at least 4 members (excludes halogenated alkanes) is 15. The van der Waals surface area contributed by atoms with Gasteiger partial charge in [0.25, 0.3) is 0 Å². The molecule has 0 saturated heterocycles. The Hall–Kier alpha value is -4.04. The van der Waals surface area contributed by atoms with Crippen molar-refractivity contribution in [1.29, 1.82) is 0 Å². The van der Waals surface area contributed by atoms with E-state index in [0.29, 0.717) is 74.6 Å². The van der Waals surface area contributed by atoms with Gasteiger partial charge in [0.15, 0.2) is 0 Å². The molecular formula is C84H152N4O21S5. The van der Waals surface area contributed by atoms with E-state index in [1.165, 1.54) is 32.1 Å². The number of carbonyl (C=O) groups excluding carboxylic acids is 11. The number of rotatable bonds is 82. The van der Waals surface area contributed by atoms with Crippen LogP contribution in [0.3, 0.4) is 0 Å². The SMILES string of the molecule is CCCCCCSCC(C)C(=O)OCCOC(=O)CCN(CCC=O)CCN(CCN(CCC(=O)OCCOC(=O)C(C)CSCCCCCC)CCC(=O)OCCOC(=O)C(C)CSCCCCCC)CCN(CCC(=O)OCCOC(=O)C(C)CSCCCCCC)CCC(=O)OCCOC(=O)C(C)CSCCCCCC. The van der Waals surface area contributed by atoms with Crippen LogP contribution in [0, 0.1) is 29.6 Å². The molecule has 0 rings (SSSR count). The lowest BCUT2D eigenvalue weighted by molar-refractivity contribution is -0.154. The molecule has 5 unspecified atom stereocenters. The smallest absolute Gasteiger partial charge is 0.309 e. The van der Waals surface area contributed by atoms with Crippen LogP contribution in [0.15, 0.2) is 0 Å². The number of aldehydes is 1. The number of ether oxygens (including phenoxy) is 10. The van der Waals surface area contributed by atoms with Crippen molar-refractivity contribution in [2.75, 3.05) is 202 Å². The van der Waals surface area contributed by atoms with E-state index in [4.69, 9.17) is 47.4 Å². The monoisotopic (exact) mass is 1710 g/mol. The first kappa shape index (κ1) is 110. The highest BCUT2D eigenvalue weighted by Gasteiger charge is 2.24. The minimum absolute atomic E-state index is 0.0301. The first-order valence-electron chi connectivity index (χ1n) is 43.0. The summed E-state index contributed by atoms with van der Waals surface area (Å²) in [5.74, 6) is 1.78. The Morgan fingerprint density at radius 3 is 0.605 bits per heavy atom. The predicted octanol–water partition coefficient (Wildman–Crippen LogP) is 13.9. The summed E-state index contributed by atoms with van der Waals surface area (Å²) >= 11 is 8.59. The van der Waals surface area contributed by atoms with E-state index in [0.717, 1.165) is 131 Å². The molecule has 0 aliphatic carbocycles. The molecule has 0 fully saturated rings. The van der Waals surface area contributed by atoms with Crippen LogP contribution >= 0.6 is 58.8 Å². The van der Waals surface area contributed by atoms with Gasteiger partial charge in [0.05, 0.1) is 61.7 Å². The number of nitrogens with zero attached hydrogens (tertiary/aromatic N) is 4. The zero-order valence-corrected chi connectivity index (χ0v) is 76.0. The van der Waals surface area contributed by atoms with E-state index in [2.05, 4.69) is 39.5 Å². The fourth-order valence-corrected chi connectivity index (χ4v) is 16.4. The number of esters is 10. The zero-order valence-electron chi connectivity index (χ0n) is 71.9. The molecule has 114 heavy (non-hydrogen) atoms. The van der Waals surface area contributed by atoms with Gasteiger partial charge in [-0.25, -0.2) is 0 Å². The average Bonchev–Trinajstić information content (AvgIpc) is 0.920. The summed E-state index contributed by atoms with van der Waals surface area (Å²) in [6.07, 6.45) is 23.4. The first-order chi connectivity index (χ1) is 55.1. The number of hydrogen-bond acceptors (Lipinski definition) is 30. The summed E-state index contributed by atoms with van der Waals surface area (Å²) in [7, 11) is 0. The Labute approximate surface area is 708 Å². The van der Waals surface area contributed by atoms with Gasteiger partial charge in [-0.15, -0.1) is 0 Å². The molecule has 0 aromatic rings. The minimum atomic E-state index is -0.551. The summed E-state index contributed by atoms with van der Waals surface area (Å²) in [5, 5.41) is 0. The minimum Gasteiger partial charge on any atom is -0.462 e. The Kier molecular flexibility index (Phi) is 76.0. The van der Waals surface area contributed by atoms with Crippen molar-refractivity contribution in [1.82, 2.24) is 19.6 Å². The van der Waals surface area contributed by atoms with Crippen LogP contribution in [0.5, 0.6) is 0 Å². The Morgan fingerprint density at radius 1 is 0.246 bits per heavy atom. The van der Waals surface area contributed by atoms with Crippen LogP contribution in [0.25, 0.3) is 0 Å². The highest BCUT2D eigenvalue weighted by Crippen LogP contribution is 2.19. The summed E-state index contributed by atoms with van der Waals surface area (Å²) in [6, 6.07) is 0. The van der Waals surface area contributed by atoms with E-state index >= 15 is 0 Å². The lowest BCUT2D eigenvalue weighted by Gasteiger charge is -2.32. The van der Waals surface area contributed by atoms with Gasteiger partial charge < -0.3 is 66.9 Å². The second-order valence-electron chi connectivity index (χ2n) is 29.2. The van der Waals surface area contributed by atoms with Gasteiger partial charge in [-0.2, -0.15) is 58.8 Å². The van der Waals surface area contributed by atoms with Gasteiger partial charge in [0.1, 0.15) is 72.4 Å². The van der Waals surface area contributed by atoms with Crippen molar-refractivity contribution in [3.63, 3.8) is 0 Å². The average molecular weight is 1710 g/mol. The van der Waals surface area contributed by atoms with Crippen LogP contribution in [-0.4, -0.2) is 288 Å². The molecule has 0 bridgehead atoms. The van der Waals surface area contributed by atoms with Crippen molar-refractivity contribution >= 4 is 125 Å². The highest BCUT2D eigenvalue weighted by molar-refractivity contribution is 8.00. The van der Waals surface area contributed by atoms with E-state index in [1.54, 1.807) is 58.8 Å². The maximum atomic E-state index is 13.4. The largest absolute Gasteiger partial charge is 0.462 e. The molecule has 0 radical (unpaired) electrons. The quantitative estimate of drug-likeness (QED) is 0.0236. The second-order valence-corrected chi connectivity index (χ2v) is 34.9. The molecule has 0 aromatic heterocycles. The van der Waals surface area contributed by atoms with Gasteiger partial charge in [0.2, 0.25) is 0 Å². The van der Waals surface area contributed by atoms with Crippen molar-refractivity contribution in [3.8, 4) is 0 Å². The second kappa shape index (κ2) is 78.8. The summed E-state index contributed by atoms with van der Waals surface area (Å²) < 4.78 is 55.0. The molecule has 30 heteroatoms. The van der Waals surface area contributed by atoms with Crippen molar-refractivity contribution in [2.24, 2.45) is 29.6 Å². The van der Waals surface area contributed by atoms with E-state index in [9.17, 15) is 52.7 Å². The highest BCUT2D eigenvalue weighted by atomic mass is 32.2. The van der Waals surface area contributed by atoms with Gasteiger partial charge in [0, 0.05) is 114 Å². The van der Waals surface area contributed by atoms with Crippen LogP contribution in [-0.2, 0) is 100 Å². The van der Waals surface area contributed by atoms with E-state index in [1.807, 2.05) is 49.3 Å². The maximum Gasteiger partial charge on any atom is 0.309 e. The van der Waals surface area contributed by atoms with Crippen LogP contribution in [0.4, 0.5) is 0 Å². The van der Waals surface area contributed by atoms with Gasteiger partial charge in [-0.05, 0) is 60.9 Å². The van der Waals surface area contributed by atoms with Crippen molar-refractivity contribution in [3.05, 3.63) is 0 Å². The fourth-order valence-electron chi connectivity index (χ4n) is 11.0. The molecule has 664 valence electrons. The summed E-state index contributed by atoms with van der Waals surface area (Å²) in [6.45, 7) is 21.7. The third-order valence-electron chi connectivity index (χ3n) is 18.4. The molecule has 0 aromatic carbocycles. The molecule has 0 amide bonds. The maximum absolute atomic E-state index is 13.4. The molecule has 0 N–H and O–H groups in total. The Balaban J connectivity index is 6.90. The first-order valence-corrected chi connectivity index (χ1v) is 48.7. The van der Waals surface area contributed by atoms with Gasteiger partial charge >= 0.3 is 59.7 Å². The van der Waals surface area contributed by atoms with Gasteiger partial charge in [-0.3, -0.25) is 52.8 Å². The molecule has 0 spiro atoms. The predicted molar refractivity (Wildman–Crippen MR) is 462 cm³/mol. The fraction of sp³-hybridized carbons (Fsp3) is 0.869. The molecule has 0 heterocycles. The lowest BCUT2D eigenvalue weighted by Crippen LogP contribution is -2.44. The molecular weight excluding hydrogens is 1560 g/mol. The lowest BCUT2D eigenvalue weighted by atomic mass is 10.2. The number of thioether (sulfide) groups is 5. The van der Waals surface area contributed by atoms with Crippen LogP contribution in [0.2, 0.25) is 0 Å². The van der Waals surface area contributed by atoms with Crippen molar-refractivity contribution in [2.45, 2.75) is 236 Å². The molecule has 25 nitrogen and oxygen atoms in total. The summed E-state index contributed by atoms with van der Waals surface area (Å²) in [5.41, 5.74) is 0. The Bertz CT molecular complexity index is 2240. The standard InChI is InChI=1S/C84H152N4O21S5/c1-11-16-21-26-60-110-65-70(6)80(95)105-55-50-100-75(90)32-38-85(37-31-49-89)43-46-88(47-44-86(39-33-76(91)101-51-56-106-81(96)71(7)66-111-61-27-22-17-12-2)40-34-77(92)102-52-57-107-82(97)72(8)67-112-62-28-23-18-13-3)48-45-87(41-35-78(93)103-53-58-108-83(98)73(9)68-113-63-29-24-19-14-4)42-36-79(94)104-54-59-109-84(99)74(10)69-114-64-30-25-20-15-5/h49,70-74H,11-48,50-69H2,1-10H3. The van der Waals surface area contributed by atoms with Crippen LogP contribution in [0.1, 0.15) is 236 Å². The van der Waals surface area contributed by atoms with Gasteiger partial charge in [-0.1, -0.05) is 166 Å². The molecule has 0 saturated carbocycles. The topological polar surface area (TPSA) is 293 Å². The van der Waals surface area contributed by atoms with Crippen molar-refractivity contribution < 1.29 is 100 Å². The van der Waals surface area contributed by atoms with E-state index in [-0.39, 0.29) is 197 Å².